The molecular weight excluding hydrogens is 334 g/mol. The standard InChI is InChI=1S/C13H15BrClNOS/c1-2-6-16-11(10-5-7-17-13(10)14)8-9-3-4-12(15)18-9/h3-5,7,11,16H,2,6,8H2,1H3. The molecule has 0 aliphatic carbocycles. The van der Waals surface area contributed by atoms with Gasteiger partial charge in [-0.1, -0.05) is 18.5 Å². The van der Waals surface area contributed by atoms with Gasteiger partial charge >= 0.3 is 0 Å². The third-order valence-electron chi connectivity index (χ3n) is 2.70. The molecule has 1 atom stereocenters. The fraction of sp³-hybridized carbons (Fsp3) is 0.385. The predicted octanol–water partition coefficient (Wildman–Crippen LogP) is 5.04. The molecule has 2 aromatic rings. The van der Waals surface area contributed by atoms with Gasteiger partial charge in [-0.25, -0.2) is 0 Å². The number of furan rings is 1. The molecule has 1 unspecified atom stereocenters. The molecule has 2 nitrogen and oxygen atoms in total. The Bertz CT molecular complexity index is 497. The summed E-state index contributed by atoms with van der Waals surface area (Å²) < 4.78 is 6.97. The Kier molecular flexibility index (Phi) is 5.30. The summed E-state index contributed by atoms with van der Waals surface area (Å²) in [6.07, 6.45) is 3.74. The van der Waals surface area contributed by atoms with Crippen LogP contribution in [0.1, 0.15) is 29.8 Å². The van der Waals surface area contributed by atoms with Crippen LogP contribution in [0.25, 0.3) is 0 Å². The molecule has 0 bridgehead atoms. The quantitative estimate of drug-likeness (QED) is 0.791. The molecule has 2 heterocycles. The van der Waals surface area contributed by atoms with Crippen LogP contribution in [0.3, 0.4) is 0 Å². The molecule has 0 spiro atoms. The minimum Gasteiger partial charge on any atom is -0.457 e. The lowest BCUT2D eigenvalue weighted by Crippen LogP contribution is -2.23. The van der Waals surface area contributed by atoms with Crippen LogP contribution in [0.2, 0.25) is 4.34 Å². The van der Waals surface area contributed by atoms with Crippen molar-refractivity contribution in [1.29, 1.82) is 0 Å². The van der Waals surface area contributed by atoms with Gasteiger partial charge in [-0.3, -0.25) is 0 Å². The van der Waals surface area contributed by atoms with Gasteiger partial charge in [0.15, 0.2) is 4.67 Å². The Hall–Kier alpha value is -0.290. The number of hydrogen-bond acceptors (Lipinski definition) is 3. The third kappa shape index (κ3) is 3.60. The van der Waals surface area contributed by atoms with E-state index in [4.69, 9.17) is 16.0 Å². The first kappa shape index (κ1) is 14.1. The van der Waals surface area contributed by atoms with Gasteiger partial charge in [0.2, 0.25) is 0 Å². The Morgan fingerprint density at radius 1 is 1.44 bits per heavy atom. The highest BCUT2D eigenvalue weighted by Crippen LogP contribution is 2.30. The van der Waals surface area contributed by atoms with Crippen molar-refractivity contribution in [3.05, 3.63) is 43.9 Å². The van der Waals surface area contributed by atoms with E-state index in [1.54, 1.807) is 17.6 Å². The van der Waals surface area contributed by atoms with E-state index in [1.165, 1.54) is 4.88 Å². The molecule has 0 radical (unpaired) electrons. The van der Waals surface area contributed by atoms with E-state index >= 15 is 0 Å². The first-order valence-corrected chi connectivity index (χ1v) is 7.90. The minimum absolute atomic E-state index is 0.257. The van der Waals surface area contributed by atoms with Crippen LogP contribution >= 0.6 is 38.9 Å². The Morgan fingerprint density at radius 2 is 2.28 bits per heavy atom. The summed E-state index contributed by atoms with van der Waals surface area (Å²) >= 11 is 11.1. The van der Waals surface area contributed by atoms with Crippen LogP contribution in [0.5, 0.6) is 0 Å². The molecule has 98 valence electrons. The molecule has 0 aliphatic rings. The molecule has 2 rings (SSSR count). The fourth-order valence-corrected chi connectivity index (χ4v) is 3.48. The van der Waals surface area contributed by atoms with Gasteiger partial charge in [-0.2, -0.15) is 0 Å². The van der Waals surface area contributed by atoms with Crippen molar-refractivity contribution in [3.63, 3.8) is 0 Å². The highest BCUT2D eigenvalue weighted by atomic mass is 79.9. The first-order valence-electron chi connectivity index (χ1n) is 5.91. The van der Waals surface area contributed by atoms with E-state index in [0.717, 1.165) is 34.0 Å². The van der Waals surface area contributed by atoms with Crippen molar-refractivity contribution in [2.24, 2.45) is 0 Å². The minimum atomic E-state index is 0.257. The normalized spacial score (nSPS) is 12.8. The highest BCUT2D eigenvalue weighted by Gasteiger charge is 2.17. The van der Waals surface area contributed by atoms with Crippen LogP contribution in [-0.2, 0) is 6.42 Å². The first-order chi connectivity index (χ1) is 8.70. The molecule has 0 aromatic carbocycles. The second-order valence-electron chi connectivity index (χ2n) is 4.07. The summed E-state index contributed by atoms with van der Waals surface area (Å²) in [6, 6.07) is 6.30. The molecule has 1 N–H and O–H groups in total. The molecule has 0 fully saturated rings. The number of rotatable bonds is 6. The SMILES string of the molecule is CCCNC(Cc1ccc(Cl)s1)c1ccoc1Br. The third-order valence-corrected chi connectivity index (χ3v) is 4.59. The molecule has 5 heteroatoms. The van der Waals surface area contributed by atoms with Crippen molar-refractivity contribution in [2.75, 3.05) is 6.54 Å². The van der Waals surface area contributed by atoms with Crippen molar-refractivity contribution in [3.8, 4) is 0 Å². The summed E-state index contributed by atoms with van der Waals surface area (Å²) in [5.74, 6) is 0. The van der Waals surface area contributed by atoms with Gasteiger partial charge < -0.3 is 9.73 Å². The van der Waals surface area contributed by atoms with Crippen LogP contribution in [-0.4, -0.2) is 6.54 Å². The topological polar surface area (TPSA) is 25.2 Å². The van der Waals surface area contributed by atoms with Gasteiger partial charge in [-0.05, 0) is 47.1 Å². The Labute approximate surface area is 124 Å². The van der Waals surface area contributed by atoms with E-state index < -0.39 is 0 Å². The summed E-state index contributed by atoms with van der Waals surface area (Å²) in [7, 11) is 0. The number of thiophene rings is 1. The second kappa shape index (κ2) is 6.75. The van der Waals surface area contributed by atoms with Crippen LogP contribution in [0.4, 0.5) is 0 Å². The monoisotopic (exact) mass is 347 g/mol. The molecule has 2 aromatic heterocycles. The van der Waals surface area contributed by atoms with Crippen molar-refractivity contribution < 1.29 is 4.42 Å². The summed E-state index contributed by atoms with van der Waals surface area (Å²) in [5, 5.41) is 3.54. The van der Waals surface area contributed by atoms with Crippen molar-refractivity contribution in [2.45, 2.75) is 25.8 Å². The molecule has 0 amide bonds. The maximum Gasteiger partial charge on any atom is 0.173 e. The number of hydrogen-bond donors (Lipinski definition) is 1. The van der Waals surface area contributed by atoms with Gasteiger partial charge in [0.1, 0.15) is 0 Å². The maximum atomic E-state index is 5.97. The van der Waals surface area contributed by atoms with Gasteiger partial charge in [-0.15, -0.1) is 11.3 Å². The fourth-order valence-electron chi connectivity index (χ4n) is 1.83. The average Bonchev–Trinajstić information content (AvgIpc) is 2.93. The molecule has 18 heavy (non-hydrogen) atoms. The van der Waals surface area contributed by atoms with Crippen molar-refractivity contribution in [1.82, 2.24) is 5.32 Å². The van der Waals surface area contributed by atoms with E-state index in [0.29, 0.717) is 0 Å². The van der Waals surface area contributed by atoms with Gasteiger partial charge in [0.25, 0.3) is 0 Å². The zero-order chi connectivity index (χ0) is 13.0. The number of halogens is 2. The lowest BCUT2D eigenvalue weighted by molar-refractivity contribution is 0.499. The second-order valence-corrected chi connectivity index (χ2v) is 6.59. The molecule has 0 saturated heterocycles. The van der Waals surface area contributed by atoms with E-state index in [-0.39, 0.29) is 6.04 Å². The Balaban J connectivity index is 2.12. The summed E-state index contributed by atoms with van der Waals surface area (Å²) in [5.41, 5.74) is 1.16. The van der Waals surface area contributed by atoms with Crippen LogP contribution < -0.4 is 5.32 Å². The lowest BCUT2D eigenvalue weighted by Gasteiger charge is -2.16. The Morgan fingerprint density at radius 3 is 2.83 bits per heavy atom. The van der Waals surface area contributed by atoms with Crippen LogP contribution in [0.15, 0.2) is 33.5 Å². The molecule has 0 saturated carbocycles. The van der Waals surface area contributed by atoms with Crippen molar-refractivity contribution >= 4 is 38.9 Å². The summed E-state index contributed by atoms with van der Waals surface area (Å²) in [6.45, 7) is 3.15. The largest absolute Gasteiger partial charge is 0.457 e. The zero-order valence-corrected chi connectivity index (χ0v) is 13.2. The summed E-state index contributed by atoms with van der Waals surface area (Å²) in [4.78, 5) is 1.28. The smallest absolute Gasteiger partial charge is 0.173 e. The van der Waals surface area contributed by atoms with Crippen LogP contribution in [0, 0.1) is 0 Å². The average molecular weight is 349 g/mol. The predicted molar refractivity (Wildman–Crippen MR) is 80.5 cm³/mol. The van der Waals surface area contributed by atoms with E-state index in [2.05, 4.69) is 34.2 Å². The lowest BCUT2D eigenvalue weighted by atomic mass is 10.1. The zero-order valence-electron chi connectivity index (χ0n) is 10.1. The number of nitrogens with one attached hydrogen (secondary N) is 1. The highest BCUT2D eigenvalue weighted by molar-refractivity contribution is 9.10. The van der Waals surface area contributed by atoms with Gasteiger partial charge in [0, 0.05) is 22.9 Å². The molecular formula is C13H15BrClNOS. The van der Waals surface area contributed by atoms with E-state index in [9.17, 15) is 0 Å². The van der Waals surface area contributed by atoms with E-state index in [1.807, 2.05) is 12.1 Å². The van der Waals surface area contributed by atoms with Gasteiger partial charge in [0.05, 0.1) is 10.6 Å². The maximum absolute atomic E-state index is 5.97. The molecule has 0 aliphatic heterocycles.